The Hall–Kier alpha value is -1.17. The van der Waals surface area contributed by atoms with Gasteiger partial charge in [0.2, 0.25) is 0 Å². The monoisotopic (exact) mass is 295 g/mol. The first kappa shape index (κ1) is 12.8. The van der Waals surface area contributed by atoms with Crippen LogP contribution in [0.3, 0.4) is 0 Å². The summed E-state index contributed by atoms with van der Waals surface area (Å²) < 4.78 is 9.62. The highest BCUT2D eigenvalue weighted by Gasteiger charge is 2.21. The number of fused-ring (bicyclic) bond motifs is 1. The van der Waals surface area contributed by atoms with Gasteiger partial charge in [-0.1, -0.05) is 16.1 Å². The number of ether oxygens (including phenoxy) is 1. The van der Waals surface area contributed by atoms with Crippen molar-refractivity contribution >= 4 is 23.1 Å². The minimum atomic E-state index is -0.119. The number of aryl methyl sites for hydroxylation is 1. The van der Waals surface area contributed by atoms with Crippen LogP contribution in [0.15, 0.2) is 12.1 Å². The molecule has 1 unspecified atom stereocenters. The normalized spacial score (nSPS) is 15.1. The molecule has 0 saturated carbocycles. The Bertz CT molecular complexity index is 614. The van der Waals surface area contributed by atoms with E-state index in [1.165, 1.54) is 17.1 Å². The molecule has 2 N–H and O–H groups in total. The molecule has 4 nitrogen and oxygen atoms in total. The molecular formula is C13H14ClN3OS. The molecule has 0 amide bonds. The largest absolute Gasteiger partial charge is 0.493 e. The number of nitrogens with two attached hydrogens (primary N) is 1. The van der Waals surface area contributed by atoms with Crippen LogP contribution in [0.2, 0.25) is 5.02 Å². The van der Waals surface area contributed by atoms with Crippen LogP contribution in [0.4, 0.5) is 0 Å². The van der Waals surface area contributed by atoms with Crippen molar-refractivity contribution in [2.45, 2.75) is 25.8 Å². The first-order valence-electron chi connectivity index (χ1n) is 6.13. The number of rotatable bonds is 3. The number of halogens is 1. The first-order chi connectivity index (χ1) is 9.15. The zero-order valence-corrected chi connectivity index (χ0v) is 12.1. The molecule has 19 heavy (non-hydrogen) atoms. The van der Waals surface area contributed by atoms with Crippen molar-refractivity contribution in [1.29, 1.82) is 0 Å². The molecule has 6 heteroatoms. The Morgan fingerprint density at radius 2 is 2.37 bits per heavy atom. The van der Waals surface area contributed by atoms with Crippen molar-refractivity contribution in [2.75, 3.05) is 6.61 Å². The van der Waals surface area contributed by atoms with Crippen LogP contribution >= 0.6 is 23.1 Å². The van der Waals surface area contributed by atoms with E-state index in [4.69, 9.17) is 22.1 Å². The molecule has 1 aromatic carbocycles. The smallest absolute Gasteiger partial charge is 0.125 e. The molecular weight excluding hydrogens is 282 g/mol. The van der Waals surface area contributed by atoms with Crippen LogP contribution in [-0.4, -0.2) is 16.2 Å². The van der Waals surface area contributed by atoms with E-state index in [0.717, 1.165) is 39.9 Å². The number of hydrogen-bond donors (Lipinski definition) is 1. The molecule has 2 aromatic rings. The van der Waals surface area contributed by atoms with E-state index < -0.39 is 0 Å². The first-order valence-corrected chi connectivity index (χ1v) is 7.29. The molecule has 0 fully saturated rings. The van der Waals surface area contributed by atoms with Crippen molar-refractivity contribution < 1.29 is 4.74 Å². The van der Waals surface area contributed by atoms with Gasteiger partial charge in [0.05, 0.1) is 17.2 Å². The third-order valence-corrected chi connectivity index (χ3v) is 4.46. The lowest BCUT2D eigenvalue weighted by atomic mass is 10.0. The zero-order chi connectivity index (χ0) is 13.4. The van der Waals surface area contributed by atoms with Crippen LogP contribution in [0.5, 0.6) is 5.75 Å². The fraction of sp³-hybridized carbons (Fsp3) is 0.385. The average Bonchev–Trinajstić information content (AvgIpc) is 2.97. The van der Waals surface area contributed by atoms with Crippen molar-refractivity contribution in [3.63, 3.8) is 0 Å². The molecule has 1 aliphatic heterocycles. The van der Waals surface area contributed by atoms with Gasteiger partial charge >= 0.3 is 0 Å². The van der Waals surface area contributed by atoms with Crippen LogP contribution in [0.25, 0.3) is 0 Å². The van der Waals surface area contributed by atoms with Crippen LogP contribution in [-0.2, 0) is 12.8 Å². The quantitative estimate of drug-likeness (QED) is 0.946. The number of aromatic nitrogens is 2. The van der Waals surface area contributed by atoms with Crippen LogP contribution < -0.4 is 10.5 Å². The number of hydrogen-bond acceptors (Lipinski definition) is 5. The lowest BCUT2D eigenvalue weighted by Gasteiger charge is -2.13. The summed E-state index contributed by atoms with van der Waals surface area (Å²) in [5.74, 6) is 0.954. The highest BCUT2D eigenvalue weighted by atomic mass is 35.5. The van der Waals surface area contributed by atoms with Gasteiger partial charge in [0.1, 0.15) is 5.75 Å². The minimum absolute atomic E-state index is 0.119. The molecule has 0 radical (unpaired) electrons. The van der Waals surface area contributed by atoms with Gasteiger partial charge in [-0.2, -0.15) is 0 Å². The second kappa shape index (κ2) is 5.07. The summed E-state index contributed by atoms with van der Waals surface area (Å²) in [4.78, 5) is 1.02. The maximum Gasteiger partial charge on any atom is 0.125 e. The highest BCUT2D eigenvalue weighted by Crippen LogP contribution is 2.35. The second-order valence-corrected chi connectivity index (χ2v) is 5.91. The highest BCUT2D eigenvalue weighted by molar-refractivity contribution is 7.05. The van der Waals surface area contributed by atoms with Gasteiger partial charge in [0, 0.05) is 17.5 Å². The van der Waals surface area contributed by atoms with Gasteiger partial charge in [-0.3, -0.25) is 0 Å². The Balaban J connectivity index is 1.90. The Morgan fingerprint density at radius 3 is 3.11 bits per heavy atom. The SMILES string of the molecule is Cc1nnsc1C(N)Cc1cc(Cl)cc2c1OCC2. The molecule has 2 heterocycles. The molecule has 0 bridgehead atoms. The fourth-order valence-electron chi connectivity index (χ4n) is 2.40. The Kier molecular flexibility index (Phi) is 3.43. The van der Waals surface area contributed by atoms with Crippen LogP contribution in [0.1, 0.15) is 27.7 Å². The van der Waals surface area contributed by atoms with E-state index in [0.29, 0.717) is 6.42 Å². The van der Waals surface area contributed by atoms with Gasteiger partial charge in [-0.15, -0.1) is 5.10 Å². The molecule has 0 aliphatic carbocycles. The predicted octanol–water partition coefficient (Wildman–Crippen LogP) is 2.68. The lowest BCUT2D eigenvalue weighted by Crippen LogP contribution is -2.13. The molecule has 1 aliphatic rings. The summed E-state index contributed by atoms with van der Waals surface area (Å²) in [6.07, 6.45) is 1.60. The van der Waals surface area contributed by atoms with E-state index >= 15 is 0 Å². The summed E-state index contributed by atoms with van der Waals surface area (Å²) in [6, 6.07) is 3.79. The van der Waals surface area contributed by atoms with Gasteiger partial charge in [-0.25, -0.2) is 0 Å². The molecule has 3 rings (SSSR count). The summed E-state index contributed by atoms with van der Waals surface area (Å²) in [6.45, 7) is 2.65. The predicted molar refractivity (Wildman–Crippen MR) is 75.9 cm³/mol. The summed E-state index contributed by atoms with van der Waals surface area (Å²) >= 11 is 7.50. The maximum absolute atomic E-state index is 6.25. The average molecular weight is 296 g/mol. The van der Waals surface area contributed by atoms with Gasteiger partial charge in [0.15, 0.2) is 0 Å². The minimum Gasteiger partial charge on any atom is -0.493 e. The second-order valence-electron chi connectivity index (χ2n) is 4.68. The number of nitrogens with zero attached hydrogens (tertiary/aromatic N) is 2. The number of benzene rings is 1. The van der Waals surface area contributed by atoms with E-state index in [-0.39, 0.29) is 6.04 Å². The van der Waals surface area contributed by atoms with E-state index in [2.05, 4.69) is 9.59 Å². The Labute approximate surface area is 120 Å². The van der Waals surface area contributed by atoms with Crippen molar-refractivity contribution in [1.82, 2.24) is 9.59 Å². The molecule has 100 valence electrons. The molecule has 0 saturated heterocycles. The summed E-state index contributed by atoms with van der Waals surface area (Å²) in [5.41, 5.74) is 9.39. The van der Waals surface area contributed by atoms with Gasteiger partial charge in [-0.05, 0) is 48.1 Å². The van der Waals surface area contributed by atoms with Crippen molar-refractivity contribution in [2.24, 2.45) is 5.73 Å². The van der Waals surface area contributed by atoms with Gasteiger partial charge < -0.3 is 10.5 Å². The summed E-state index contributed by atoms with van der Waals surface area (Å²) in [7, 11) is 0. The zero-order valence-electron chi connectivity index (χ0n) is 10.5. The van der Waals surface area contributed by atoms with Crippen molar-refractivity contribution in [3.05, 3.63) is 38.9 Å². The Morgan fingerprint density at radius 1 is 1.53 bits per heavy atom. The van der Waals surface area contributed by atoms with Crippen LogP contribution in [0, 0.1) is 6.92 Å². The maximum atomic E-state index is 6.25. The van der Waals surface area contributed by atoms with Crippen molar-refractivity contribution in [3.8, 4) is 5.75 Å². The van der Waals surface area contributed by atoms with E-state index in [1.54, 1.807) is 0 Å². The third-order valence-electron chi connectivity index (χ3n) is 3.29. The standard InChI is InChI=1S/C13H14ClN3OS/c1-7-13(19-17-16-7)11(15)6-9-5-10(14)4-8-2-3-18-12(8)9/h4-5,11H,2-3,6,15H2,1H3. The van der Waals surface area contributed by atoms with E-state index in [9.17, 15) is 0 Å². The lowest BCUT2D eigenvalue weighted by molar-refractivity contribution is 0.352. The third kappa shape index (κ3) is 2.45. The topological polar surface area (TPSA) is 61.0 Å². The molecule has 1 aromatic heterocycles. The summed E-state index contributed by atoms with van der Waals surface area (Å²) in [5, 5.41) is 4.74. The van der Waals surface area contributed by atoms with Gasteiger partial charge in [0.25, 0.3) is 0 Å². The molecule has 1 atom stereocenters. The molecule has 0 spiro atoms. The fourth-order valence-corrected chi connectivity index (χ4v) is 3.31. The van der Waals surface area contributed by atoms with E-state index in [1.807, 2.05) is 19.1 Å².